The second-order valence-corrected chi connectivity index (χ2v) is 6.71. The summed E-state index contributed by atoms with van der Waals surface area (Å²) < 4.78 is 34.0. The summed E-state index contributed by atoms with van der Waals surface area (Å²) in [5.41, 5.74) is 0.932. The summed E-state index contributed by atoms with van der Waals surface area (Å²) in [6.07, 6.45) is -2.44. The third-order valence-corrected chi connectivity index (χ3v) is 4.52. The number of pyridine rings is 1. The molecule has 0 saturated carbocycles. The number of esters is 3. The van der Waals surface area contributed by atoms with E-state index in [9.17, 15) is 14.4 Å². The number of nitrogens with zero attached hydrogens (tertiary/aromatic N) is 3. The lowest BCUT2D eigenvalue weighted by molar-refractivity contribution is -0.166. The average molecular weight is 437 g/mol. The topological polar surface area (TPSA) is 137 Å². The van der Waals surface area contributed by atoms with Crippen LogP contribution in [0.15, 0.2) is 12.4 Å². The summed E-state index contributed by atoms with van der Waals surface area (Å²) in [5.74, 6) is -1.26. The summed E-state index contributed by atoms with van der Waals surface area (Å²) in [4.78, 5) is 43.3. The number of imidazole rings is 1. The van der Waals surface area contributed by atoms with E-state index in [1.54, 1.807) is 10.6 Å². The van der Waals surface area contributed by atoms with E-state index in [-0.39, 0.29) is 18.4 Å². The SMILES string of the molecule is COc1cc2c(ncn2[C@@H]2O[C@H](COC(C)=O)[C@@H](OC(C)=O)[C@H]2OC(C)=O)c(OC)n1. The van der Waals surface area contributed by atoms with Crippen LogP contribution in [0.25, 0.3) is 11.0 Å². The minimum absolute atomic E-state index is 0.206. The molecule has 0 amide bonds. The number of ether oxygens (including phenoxy) is 6. The second kappa shape index (κ2) is 9.16. The van der Waals surface area contributed by atoms with Gasteiger partial charge in [0, 0.05) is 26.8 Å². The average Bonchev–Trinajstić information content (AvgIpc) is 3.26. The Morgan fingerprint density at radius 2 is 1.71 bits per heavy atom. The molecule has 0 bridgehead atoms. The summed E-state index contributed by atoms with van der Waals surface area (Å²) >= 11 is 0. The van der Waals surface area contributed by atoms with Gasteiger partial charge in [0.15, 0.2) is 24.0 Å². The molecule has 168 valence electrons. The van der Waals surface area contributed by atoms with Crippen LogP contribution in [-0.2, 0) is 33.3 Å². The Kier molecular flexibility index (Phi) is 6.59. The van der Waals surface area contributed by atoms with Crippen molar-refractivity contribution < 1.29 is 42.8 Å². The van der Waals surface area contributed by atoms with Gasteiger partial charge >= 0.3 is 17.9 Å². The monoisotopic (exact) mass is 437 g/mol. The van der Waals surface area contributed by atoms with Crippen LogP contribution in [0.4, 0.5) is 0 Å². The Morgan fingerprint density at radius 3 is 2.29 bits per heavy atom. The summed E-state index contributed by atoms with van der Waals surface area (Å²) in [6.45, 7) is 3.48. The highest BCUT2D eigenvalue weighted by Crippen LogP contribution is 2.37. The number of carbonyl (C=O) groups is 3. The van der Waals surface area contributed by atoms with E-state index < -0.39 is 42.4 Å². The second-order valence-electron chi connectivity index (χ2n) is 6.71. The molecule has 0 aromatic carbocycles. The van der Waals surface area contributed by atoms with Crippen molar-refractivity contribution in [3.63, 3.8) is 0 Å². The third kappa shape index (κ3) is 4.68. The molecule has 3 rings (SSSR count). The third-order valence-electron chi connectivity index (χ3n) is 4.52. The van der Waals surface area contributed by atoms with E-state index in [4.69, 9.17) is 28.4 Å². The van der Waals surface area contributed by atoms with Crippen molar-refractivity contribution in [1.29, 1.82) is 0 Å². The van der Waals surface area contributed by atoms with Crippen molar-refractivity contribution in [3.8, 4) is 11.8 Å². The number of carbonyl (C=O) groups excluding carboxylic acids is 3. The zero-order valence-electron chi connectivity index (χ0n) is 17.7. The molecule has 2 aromatic rings. The van der Waals surface area contributed by atoms with Gasteiger partial charge in [0.05, 0.1) is 26.1 Å². The van der Waals surface area contributed by atoms with E-state index in [1.807, 2.05) is 0 Å². The van der Waals surface area contributed by atoms with Gasteiger partial charge in [-0.05, 0) is 0 Å². The molecule has 1 fully saturated rings. The first kappa shape index (κ1) is 22.3. The first-order valence-corrected chi connectivity index (χ1v) is 9.34. The van der Waals surface area contributed by atoms with Crippen molar-refractivity contribution >= 4 is 28.9 Å². The predicted molar refractivity (Wildman–Crippen MR) is 102 cm³/mol. The zero-order chi connectivity index (χ0) is 22.7. The molecule has 0 spiro atoms. The Labute approximate surface area is 177 Å². The standard InChI is InChI=1S/C19H23N3O9/c1-9(23)28-7-13-16(29-10(2)24)17(30-11(3)25)19(31-13)22-8-20-15-12(22)6-14(26-4)21-18(15)27-5/h6,8,13,16-17,19H,7H2,1-5H3/t13-,16-,17-,19-/m1/s1. The van der Waals surface area contributed by atoms with Crippen LogP contribution in [0.3, 0.4) is 0 Å². The fourth-order valence-electron chi connectivity index (χ4n) is 3.35. The van der Waals surface area contributed by atoms with Gasteiger partial charge in [-0.15, -0.1) is 0 Å². The Balaban J connectivity index is 2.07. The number of methoxy groups -OCH3 is 2. The van der Waals surface area contributed by atoms with Crippen LogP contribution >= 0.6 is 0 Å². The van der Waals surface area contributed by atoms with Crippen LogP contribution in [-0.4, -0.2) is 71.6 Å². The van der Waals surface area contributed by atoms with E-state index in [0.29, 0.717) is 11.0 Å². The van der Waals surface area contributed by atoms with E-state index in [1.165, 1.54) is 41.3 Å². The maximum absolute atomic E-state index is 11.8. The molecular weight excluding hydrogens is 414 g/mol. The van der Waals surface area contributed by atoms with Gasteiger partial charge in [0.2, 0.25) is 11.8 Å². The fraction of sp³-hybridized carbons (Fsp3) is 0.526. The lowest BCUT2D eigenvalue weighted by Crippen LogP contribution is -2.40. The molecule has 0 aliphatic carbocycles. The van der Waals surface area contributed by atoms with Crippen molar-refractivity contribution in [2.45, 2.75) is 45.3 Å². The molecule has 1 aliphatic rings. The Morgan fingerprint density at radius 1 is 1.03 bits per heavy atom. The normalized spacial score (nSPS) is 22.7. The summed E-state index contributed by atoms with van der Waals surface area (Å²) in [7, 11) is 2.90. The maximum Gasteiger partial charge on any atom is 0.303 e. The van der Waals surface area contributed by atoms with Crippen LogP contribution in [0.2, 0.25) is 0 Å². The molecule has 0 unspecified atom stereocenters. The van der Waals surface area contributed by atoms with E-state index in [2.05, 4.69) is 9.97 Å². The number of hydrogen-bond donors (Lipinski definition) is 0. The maximum atomic E-state index is 11.8. The van der Waals surface area contributed by atoms with Gasteiger partial charge in [-0.1, -0.05) is 0 Å². The molecule has 1 aliphatic heterocycles. The minimum atomic E-state index is -1.04. The molecule has 0 radical (unpaired) electrons. The Hall–Kier alpha value is -3.41. The highest BCUT2D eigenvalue weighted by molar-refractivity contribution is 5.81. The molecule has 12 heteroatoms. The van der Waals surface area contributed by atoms with Gasteiger partial charge in [-0.25, -0.2) is 4.98 Å². The number of hydrogen-bond acceptors (Lipinski definition) is 11. The number of rotatable bonds is 7. The van der Waals surface area contributed by atoms with Crippen LogP contribution in [0.5, 0.6) is 11.8 Å². The minimum Gasteiger partial charge on any atom is -0.481 e. The molecule has 12 nitrogen and oxygen atoms in total. The first-order valence-electron chi connectivity index (χ1n) is 9.34. The number of fused-ring (bicyclic) bond motifs is 1. The predicted octanol–water partition coefficient (Wildman–Crippen LogP) is 0.772. The van der Waals surface area contributed by atoms with Crippen LogP contribution in [0, 0.1) is 0 Å². The smallest absolute Gasteiger partial charge is 0.303 e. The van der Waals surface area contributed by atoms with Crippen molar-refractivity contribution in [2.75, 3.05) is 20.8 Å². The molecule has 0 N–H and O–H groups in total. The molecule has 3 heterocycles. The summed E-state index contributed by atoms with van der Waals surface area (Å²) in [6, 6.07) is 1.61. The van der Waals surface area contributed by atoms with Gasteiger partial charge in [-0.2, -0.15) is 4.98 Å². The Bertz CT molecular complexity index is 989. The first-order chi connectivity index (χ1) is 14.7. The largest absolute Gasteiger partial charge is 0.481 e. The van der Waals surface area contributed by atoms with Gasteiger partial charge in [0.1, 0.15) is 12.7 Å². The summed E-state index contributed by atoms with van der Waals surface area (Å²) in [5, 5.41) is 0. The van der Waals surface area contributed by atoms with Crippen LogP contribution < -0.4 is 9.47 Å². The number of aromatic nitrogens is 3. The van der Waals surface area contributed by atoms with E-state index >= 15 is 0 Å². The van der Waals surface area contributed by atoms with Gasteiger partial charge in [0.25, 0.3) is 0 Å². The van der Waals surface area contributed by atoms with Gasteiger partial charge < -0.3 is 28.4 Å². The van der Waals surface area contributed by atoms with Crippen molar-refractivity contribution in [2.24, 2.45) is 0 Å². The van der Waals surface area contributed by atoms with Crippen molar-refractivity contribution in [1.82, 2.24) is 14.5 Å². The quantitative estimate of drug-likeness (QED) is 0.448. The van der Waals surface area contributed by atoms with E-state index in [0.717, 1.165) is 0 Å². The molecule has 4 atom stereocenters. The highest BCUT2D eigenvalue weighted by Gasteiger charge is 2.51. The molecule has 31 heavy (non-hydrogen) atoms. The lowest BCUT2D eigenvalue weighted by atomic mass is 10.1. The lowest BCUT2D eigenvalue weighted by Gasteiger charge is -2.24. The highest BCUT2D eigenvalue weighted by atomic mass is 16.7. The molecule has 1 saturated heterocycles. The zero-order valence-corrected chi connectivity index (χ0v) is 17.7. The molecule has 2 aromatic heterocycles. The van der Waals surface area contributed by atoms with Crippen molar-refractivity contribution in [3.05, 3.63) is 12.4 Å². The van der Waals surface area contributed by atoms with Crippen LogP contribution in [0.1, 0.15) is 27.0 Å². The van der Waals surface area contributed by atoms with Gasteiger partial charge in [-0.3, -0.25) is 19.0 Å². The fourth-order valence-corrected chi connectivity index (χ4v) is 3.35. The molecular formula is C19H23N3O9.